The Balaban J connectivity index is 1.70. The lowest BCUT2D eigenvalue weighted by Gasteiger charge is -2.24. The molecule has 1 amide bonds. The van der Waals surface area contributed by atoms with Crippen molar-refractivity contribution in [2.24, 2.45) is 0 Å². The highest BCUT2D eigenvalue weighted by molar-refractivity contribution is 5.83. The number of nitrogens with two attached hydrogens (primary N) is 1. The third kappa shape index (κ3) is 2.62. The number of ether oxygens (including phenoxy) is 3. The zero-order valence-corrected chi connectivity index (χ0v) is 14.5. The van der Waals surface area contributed by atoms with Gasteiger partial charge in [0.15, 0.2) is 29.6 Å². The van der Waals surface area contributed by atoms with Crippen LogP contribution in [0.15, 0.2) is 25.3 Å². The highest BCUT2D eigenvalue weighted by atomic mass is 16.8. The van der Waals surface area contributed by atoms with Crippen LogP contribution in [-0.4, -0.2) is 56.1 Å². The van der Waals surface area contributed by atoms with Gasteiger partial charge in [-0.05, 0) is 13.8 Å². The van der Waals surface area contributed by atoms with Crippen molar-refractivity contribution in [1.29, 1.82) is 0 Å². The van der Waals surface area contributed by atoms with Crippen LogP contribution in [0.2, 0.25) is 0 Å². The fraction of sp³-hybridized carbons (Fsp3) is 0.500. The van der Waals surface area contributed by atoms with Crippen molar-refractivity contribution < 1.29 is 19.0 Å². The number of imidazole rings is 1. The third-order valence-electron chi connectivity index (χ3n) is 4.37. The third-order valence-corrected chi connectivity index (χ3v) is 4.37. The van der Waals surface area contributed by atoms with E-state index in [0.29, 0.717) is 17.7 Å². The van der Waals surface area contributed by atoms with Gasteiger partial charge in [-0.25, -0.2) is 15.0 Å². The molecule has 0 radical (unpaired) electrons. The molecule has 0 bridgehead atoms. The number of nitrogens with zero attached hydrogens (tertiary/aromatic N) is 4. The summed E-state index contributed by atoms with van der Waals surface area (Å²) in [6.45, 7) is 7.53. The maximum Gasteiger partial charge on any atom is 0.252 e. The predicted molar refractivity (Wildman–Crippen MR) is 90.7 cm³/mol. The molecule has 10 nitrogen and oxygen atoms in total. The average molecular weight is 360 g/mol. The Morgan fingerprint density at radius 2 is 2.15 bits per heavy atom. The summed E-state index contributed by atoms with van der Waals surface area (Å²) >= 11 is 0. The molecule has 2 aliphatic heterocycles. The van der Waals surface area contributed by atoms with Gasteiger partial charge in [0, 0.05) is 6.54 Å². The van der Waals surface area contributed by atoms with E-state index in [1.807, 2.05) is 0 Å². The van der Waals surface area contributed by atoms with Crippen molar-refractivity contribution >= 4 is 22.9 Å². The first kappa shape index (κ1) is 16.9. The minimum atomic E-state index is -0.835. The summed E-state index contributed by atoms with van der Waals surface area (Å²) in [7, 11) is 0. The highest BCUT2D eigenvalue weighted by Crippen LogP contribution is 2.43. The van der Waals surface area contributed by atoms with E-state index in [1.165, 1.54) is 6.33 Å². The molecule has 2 aromatic rings. The van der Waals surface area contributed by atoms with Gasteiger partial charge in [-0.15, -0.1) is 6.58 Å². The van der Waals surface area contributed by atoms with Crippen molar-refractivity contribution in [3.05, 3.63) is 25.3 Å². The van der Waals surface area contributed by atoms with E-state index >= 15 is 0 Å². The molecule has 3 N–H and O–H groups in total. The van der Waals surface area contributed by atoms with E-state index in [-0.39, 0.29) is 11.7 Å². The number of anilines is 1. The topological polar surface area (TPSA) is 126 Å². The average Bonchev–Trinajstić information content (AvgIpc) is 3.24. The van der Waals surface area contributed by atoms with E-state index in [9.17, 15) is 4.79 Å². The first-order valence-corrected chi connectivity index (χ1v) is 8.24. The molecule has 4 atom stereocenters. The maximum absolute atomic E-state index is 12.5. The summed E-state index contributed by atoms with van der Waals surface area (Å²) < 4.78 is 19.6. The molecule has 0 unspecified atom stereocenters. The molecule has 10 heteroatoms. The summed E-state index contributed by atoms with van der Waals surface area (Å²) in [5.74, 6) is -0.853. The second kappa shape index (κ2) is 6.01. The zero-order chi connectivity index (χ0) is 18.5. The van der Waals surface area contributed by atoms with Crippen molar-refractivity contribution in [3.63, 3.8) is 0 Å². The van der Waals surface area contributed by atoms with Crippen LogP contribution in [0.5, 0.6) is 0 Å². The lowest BCUT2D eigenvalue weighted by Crippen LogP contribution is -2.42. The highest BCUT2D eigenvalue weighted by Gasteiger charge is 2.58. The first-order chi connectivity index (χ1) is 12.4. The van der Waals surface area contributed by atoms with E-state index in [4.69, 9.17) is 19.9 Å². The van der Waals surface area contributed by atoms with Gasteiger partial charge in [0.25, 0.3) is 5.91 Å². The second-order valence-electron chi connectivity index (χ2n) is 6.63. The lowest BCUT2D eigenvalue weighted by molar-refractivity contribution is -0.197. The molecule has 0 spiro atoms. The van der Waals surface area contributed by atoms with Crippen LogP contribution in [0.3, 0.4) is 0 Å². The van der Waals surface area contributed by atoms with Crippen LogP contribution in [-0.2, 0) is 19.0 Å². The molecule has 138 valence electrons. The Morgan fingerprint density at radius 1 is 1.38 bits per heavy atom. The number of rotatable bonds is 4. The largest absolute Gasteiger partial charge is 0.382 e. The Labute approximate surface area is 149 Å². The van der Waals surface area contributed by atoms with Gasteiger partial charge in [0.2, 0.25) is 0 Å². The van der Waals surface area contributed by atoms with E-state index in [1.54, 1.807) is 30.8 Å². The Bertz CT molecular complexity index is 866. The number of carbonyl (C=O) groups is 1. The van der Waals surface area contributed by atoms with Crippen LogP contribution >= 0.6 is 0 Å². The van der Waals surface area contributed by atoms with Crippen LogP contribution < -0.4 is 11.1 Å². The molecule has 0 saturated carbocycles. The normalized spacial score (nSPS) is 29.6. The lowest BCUT2D eigenvalue weighted by atomic mass is 10.1. The van der Waals surface area contributed by atoms with Crippen LogP contribution in [0.1, 0.15) is 20.1 Å². The quantitative estimate of drug-likeness (QED) is 0.737. The minimum Gasteiger partial charge on any atom is -0.382 e. The van der Waals surface area contributed by atoms with Crippen LogP contribution in [0.25, 0.3) is 11.2 Å². The SMILES string of the molecule is C=CCNC(=O)[C@H]1O[C@@H](n2cnc3c(N)ncnc32)[C@@H]2OC(C)(C)O[C@@H]21. The van der Waals surface area contributed by atoms with Crippen LogP contribution in [0, 0.1) is 0 Å². The molecular formula is C16H20N6O4. The molecule has 4 heterocycles. The summed E-state index contributed by atoms with van der Waals surface area (Å²) in [5.41, 5.74) is 6.82. The fourth-order valence-corrected chi connectivity index (χ4v) is 3.34. The summed E-state index contributed by atoms with van der Waals surface area (Å²) in [5, 5.41) is 2.74. The predicted octanol–water partition coefficient (Wildman–Crippen LogP) is 0.128. The Morgan fingerprint density at radius 3 is 2.92 bits per heavy atom. The maximum atomic E-state index is 12.5. The molecule has 2 fully saturated rings. The number of fused-ring (bicyclic) bond motifs is 2. The molecule has 26 heavy (non-hydrogen) atoms. The second-order valence-corrected chi connectivity index (χ2v) is 6.63. The zero-order valence-electron chi connectivity index (χ0n) is 14.5. The minimum absolute atomic E-state index is 0.271. The number of aromatic nitrogens is 4. The molecule has 0 aromatic carbocycles. The molecule has 0 aliphatic carbocycles. The van der Waals surface area contributed by atoms with Gasteiger partial charge < -0.3 is 25.3 Å². The summed E-state index contributed by atoms with van der Waals surface area (Å²) in [6.07, 6.45) is 1.97. The van der Waals surface area contributed by atoms with Crippen molar-refractivity contribution in [1.82, 2.24) is 24.8 Å². The van der Waals surface area contributed by atoms with Gasteiger partial charge in [-0.1, -0.05) is 6.08 Å². The summed E-state index contributed by atoms with van der Waals surface area (Å²) in [4.78, 5) is 24.9. The summed E-state index contributed by atoms with van der Waals surface area (Å²) in [6, 6.07) is 0. The fourth-order valence-electron chi connectivity index (χ4n) is 3.34. The van der Waals surface area contributed by atoms with Crippen molar-refractivity contribution in [3.8, 4) is 0 Å². The molecule has 2 aliphatic rings. The Kier molecular flexibility index (Phi) is 3.90. The number of nitrogen functional groups attached to an aromatic ring is 1. The smallest absolute Gasteiger partial charge is 0.252 e. The van der Waals surface area contributed by atoms with Gasteiger partial charge in [-0.2, -0.15) is 0 Å². The van der Waals surface area contributed by atoms with Crippen molar-refractivity contribution in [2.45, 2.75) is 44.2 Å². The molecular weight excluding hydrogens is 340 g/mol. The monoisotopic (exact) mass is 360 g/mol. The number of nitrogens with one attached hydrogen (secondary N) is 1. The van der Waals surface area contributed by atoms with E-state index in [0.717, 1.165) is 0 Å². The van der Waals surface area contributed by atoms with Crippen molar-refractivity contribution in [2.75, 3.05) is 12.3 Å². The molecule has 4 rings (SSSR count). The van der Waals surface area contributed by atoms with E-state index in [2.05, 4.69) is 26.8 Å². The van der Waals surface area contributed by atoms with Gasteiger partial charge in [-0.3, -0.25) is 9.36 Å². The van der Waals surface area contributed by atoms with E-state index < -0.39 is 30.3 Å². The van der Waals surface area contributed by atoms with Crippen LogP contribution in [0.4, 0.5) is 5.82 Å². The number of hydrogen-bond acceptors (Lipinski definition) is 8. The standard InChI is InChI=1S/C16H20N6O4/c1-4-5-18-14(23)10-9-11(26-16(2,3)25-9)15(24-10)22-7-21-8-12(17)19-6-20-13(8)22/h4,6-7,9-11,15H,1,5H2,2-3H3,(H,18,23)(H2,17,19,20)/t9-,10+,11-,15-/m1/s1. The van der Waals surface area contributed by atoms with Gasteiger partial charge in [0.1, 0.15) is 24.1 Å². The number of hydrogen-bond donors (Lipinski definition) is 2. The molecule has 2 saturated heterocycles. The number of amides is 1. The number of carbonyl (C=O) groups excluding carboxylic acids is 1. The Hall–Kier alpha value is -2.56. The first-order valence-electron chi connectivity index (χ1n) is 8.24. The van der Waals surface area contributed by atoms with Gasteiger partial charge in [0.05, 0.1) is 6.33 Å². The van der Waals surface area contributed by atoms with Gasteiger partial charge >= 0.3 is 0 Å². The molecule has 2 aromatic heterocycles.